The lowest BCUT2D eigenvalue weighted by Crippen LogP contribution is -1.79. The van der Waals surface area contributed by atoms with Crippen molar-refractivity contribution in [3.05, 3.63) is 40.9 Å². The molecule has 0 spiro atoms. The summed E-state index contributed by atoms with van der Waals surface area (Å²) in [6, 6.07) is 8.29. The fourth-order valence-corrected chi connectivity index (χ4v) is 2.68. The SMILES string of the molecule is Clc1cn[nH]c1-c1cccc2sccc12. The third-order valence-electron chi connectivity index (χ3n) is 2.36. The molecule has 0 atom stereocenters. The van der Waals surface area contributed by atoms with Crippen LogP contribution < -0.4 is 0 Å². The van der Waals surface area contributed by atoms with E-state index in [0.717, 1.165) is 11.3 Å². The van der Waals surface area contributed by atoms with Crippen LogP contribution in [0.1, 0.15) is 0 Å². The van der Waals surface area contributed by atoms with Crippen LogP contribution in [0.5, 0.6) is 0 Å². The minimum Gasteiger partial charge on any atom is -0.276 e. The second kappa shape index (κ2) is 3.36. The molecule has 2 aromatic heterocycles. The molecule has 0 radical (unpaired) electrons. The van der Waals surface area contributed by atoms with Crippen molar-refractivity contribution < 1.29 is 0 Å². The van der Waals surface area contributed by atoms with Gasteiger partial charge >= 0.3 is 0 Å². The summed E-state index contributed by atoms with van der Waals surface area (Å²) in [6.07, 6.45) is 1.63. The van der Waals surface area contributed by atoms with E-state index >= 15 is 0 Å². The van der Waals surface area contributed by atoms with Crippen molar-refractivity contribution >= 4 is 33.0 Å². The Morgan fingerprint density at radius 1 is 1.27 bits per heavy atom. The number of fused-ring (bicyclic) bond motifs is 1. The normalized spacial score (nSPS) is 11.0. The third kappa shape index (κ3) is 1.35. The van der Waals surface area contributed by atoms with Gasteiger partial charge in [-0.15, -0.1) is 11.3 Å². The van der Waals surface area contributed by atoms with Crippen LogP contribution in [0.15, 0.2) is 35.8 Å². The first-order valence-electron chi connectivity index (χ1n) is 4.52. The Morgan fingerprint density at radius 3 is 3.00 bits per heavy atom. The van der Waals surface area contributed by atoms with E-state index in [9.17, 15) is 0 Å². The number of rotatable bonds is 1. The van der Waals surface area contributed by atoms with E-state index in [1.54, 1.807) is 17.5 Å². The molecule has 0 unspecified atom stereocenters. The topological polar surface area (TPSA) is 28.7 Å². The quantitative estimate of drug-likeness (QED) is 0.679. The van der Waals surface area contributed by atoms with E-state index in [1.165, 1.54) is 10.1 Å². The van der Waals surface area contributed by atoms with Crippen LogP contribution in [0.25, 0.3) is 21.3 Å². The maximum absolute atomic E-state index is 6.05. The first-order chi connectivity index (χ1) is 7.36. The highest BCUT2D eigenvalue weighted by Crippen LogP contribution is 2.33. The molecule has 15 heavy (non-hydrogen) atoms. The number of nitrogens with one attached hydrogen (secondary N) is 1. The van der Waals surface area contributed by atoms with Gasteiger partial charge in [0.2, 0.25) is 0 Å². The smallest absolute Gasteiger partial charge is 0.0863 e. The molecule has 4 heteroatoms. The molecule has 2 nitrogen and oxygen atoms in total. The number of H-pyrrole nitrogens is 1. The van der Waals surface area contributed by atoms with Crippen LogP contribution in [0.3, 0.4) is 0 Å². The highest BCUT2D eigenvalue weighted by atomic mass is 35.5. The monoisotopic (exact) mass is 234 g/mol. The third-order valence-corrected chi connectivity index (χ3v) is 3.53. The Bertz CT molecular complexity index is 612. The minimum absolute atomic E-state index is 0.661. The molecule has 0 saturated carbocycles. The summed E-state index contributed by atoms with van der Waals surface area (Å²) in [5, 5.41) is 10.8. The van der Waals surface area contributed by atoms with Crippen LogP contribution in [0.2, 0.25) is 5.02 Å². The van der Waals surface area contributed by atoms with Gasteiger partial charge in [-0.05, 0) is 17.5 Å². The first-order valence-corrected chi connectivity index (χ1v) is 5.77. The van der Waals surface area contributed by atoms with Crippen LogP contribution in [-0.4, -0.2) is 10.2 Å². The van der Waals surface area contributed by atoms with Gasteiger partial charge in [-0.3, -0.25) is 5.10 Å². The van der Waals surface area contributed by atoms with Gasteiger partial charge in [0.05, 0.1) is 16.9 Å². The Balaban J connectivity index is 2.36. The van der Waals surface area contributed by atoms with E-state index in [1.807, 2.05) is 6.07 Å². The molecular weight excluding hydrogens is 228 g/mol. The van der Waals surface area contributed by atoms with Crippen LogP contribution in [0, 0.1) is 0 Å². The predicted octanol–water partition coefficient (Wildman–Crippen LogP) is 3.94. The van der Waals surface area contributed by atoms with Crippen LogP contribution in [-0.2, 0) is 0 Å². The number of benzene rings is 1. The largest absolute Gasteiger partial charge is 0.276 e. The van der Waals surface area contributed by atoms with Gasteiger partial charge in [0.1, 0.15) is 0 Å². The number of thiophene rings is 1. The molecule has 0 fully saturated rings. The van der Waals surface area contributed by atoms with Crippen molar-refractivity contribution in [2.45, 2.75) is 0 Å². The lowest BCUT2D eigenvalue weighted by Gasteiger charge is -2.00. The second-order valence-corrected chi connectivity index (χ2v) is 4.59. The van der Waals surface area contributed by atoms with E-state index in [2.05, 4.69) is 33.8 Å². The van der Waals surface area contributed by atoms with Gasteiger partial charge in [-0.2, -0.15) is 5.10 Å². The minimum atomic E-state index is 0.661. The van der Waals surface area contributed by atoms with Crippen LogP contribution in [0.4, 0.5) is 0 Å². The molecule has 74 valence electrons. The predicted molar refractivity (Wildman–Crippen MR) is 64.4 cm³/mol. The molecule has 0 amide bonds. The summed E-state index contributed by atoms with van der Waals surface area (Å²) in [6.45, 7) is 0. The van der Waals surface area contributed by atoms with Gasteiger partial charge in [-0.25, -0.2) is 0 Å². The second-order valence-electron chi connectivity index (χ2n) is 3.23. The van der Waals surface area contributed by atoms with Crippen molar-refractivity contribution in [1.82, 2.24) is 10.2 Å². The fraction of sp³-hybridized carbons (Fsp3) is 0. The number of hydrogen-bond donors (Lipinski definition) is 1. The maximum atomic E-state index is 6.05. The Hall–Kier alpha value is -1.32. The van der Waals surface area contributed by atoms with E-state index in [4.69, 9.17) is 11.6 Å². The zero-order chi connectivity index (χ0) is 10.3. The summed E-state index contributed by atoms with van der Waals surface area (Å²) >= 11 is 7.78. The number of aromatic amines is 1. The van der Waals surface area contributed by atoms with Crippen molar-refractivity contribution in [2.75, 3.05) is 0 Å². The van der Waals surface area contributed by atoms with Gasteiger partial charge in [0.15, 0.2) is 0 Å². The summed E-state index contributed by atoms with van der Waals surface area (Å²) in [5.41, 5.74) is 2.00. The molecule has 3 rings (SSSR count). The Kier molecular flexibility index (Phi) is 2.01. The van der Waals surface area contributed by atoms with E-state index < -0.39 is 0 Å². The summed E-state index contributed by atoms with van der Waals surface area (Å²) < 4.78 is 1.26. The fourth-order valence-electron chi connectivity index (χ4n) is 1.67. The number of aromatic nitrogens is 2. The standard InChI is InChI=1S/C11H7ClN2S/c12-9-6-13-14-11(9)8-2-1-3-10-7(8)4-5-15-10/h1-6H,(H,13,14). The van der Waals surface area contributed by atoms with Gasteiger partial charge in [0.25, 0.3) is 0 Å². The van der Waals surface area contributed by atoms with Gasteiger partial charge < -0.3 is 0 Å². The van der Waals surface area contributed by atoms with E-state index in [0.29, 0.717) is 5.02 Å². The molecular formula is C11H7ClN2S. The molecule has 1 aromatic carbocycles. The lowest BCUT2D eigenvalue weighted by atomic mass is 10.1. The Morgan fingerprint density at radius 2 is 2.20 bits per heavy atom. The first kappa shape index (κ1) is 8.95. The molecule has 0 aliphatic carbocycles. The average Bonchev–Trinajstić information content (AvgIpc) is 2.85. The molecule has 0 aliphatic rings. The summed E-state index contributed by atoms with van der Waals surface area (Å²) in [4.78, 5) is 0. The maximum Gasteiger partial charge on any atom is 0.0863 e. The summed E-state index contributed by atoms with van der Waals surface area (Å²) in [7, 11) is 0. The molecule has 2 heterocycles. The average molecular weight is 235 g/mol. The van der Waals surface area contributed by atoms with Gasteiger partial charge in [-0.1, -0.05) is 23.7 Å². The van der Waals surface area contributed by atoms with E-state index in [-0.39, 0.29) is 0 Å². The molecule has 0 saturated heterocycles. The molecule has 0 aliphatic heterocycles. The number of halogens is 1. The van der Waals surface area contributed by atoms with Crippen molar-refractivity contribution in [1.29, 1.82) is 0 Å². The number of hydrogen-bond acceptors (Lipinski definition) is 2. The van der Waals surface area contributed by atoms with Crippen LogP contribution >= 0.6 is 22.9 Å². The van der Waals surface area contributed by atoms with Crippen molar-refractivity contribution in [2.24, 2.45) is 0 Å². The molecule has 3 aromatic rings. The van der Waals surface area contributed by atoms with Crippen molar-refractivity contribution in [3.63, 3.8) is 0 Å². The lowest BCUT2D eigenvalue weighted by molar-refractivity contribution is 1.10. The van der Waals surface area contributed by atoms with Crippen molar-refractivity contribution in [3.8, 4) is 11.3 Å². The highest BCUT2D eigenvalue weighted by Gasteiger charge is 2.09. The summed E-state index contributed by atoms with van der Waals surface area (Å²) in [5.74, 6) is 0. The number of nitrogens with zero attached hydrogens (tertiary/aromatic N) is 1. The zero-order valence-corrected chi connectivity index (χ0v) is 9.27. The Labute approximate surface area is 95.5 Å². The van der Waals surface area contributed by atoms with Gasteiger partial charge in [0, 0.05) is 15.6 Å². The molecule has 1 N–H and O–H groups in total. The highest BCUT2D eigenvalue weighted by molar-refractivity contribution is 7.17. The molecule has 0 bridgehead atoms. The zero-order valence-electron chi connectivity index (χ0n) is 7.70.